The molecule has 1 aliphatic rings. The molecule has 1 aromatic carbocycles. The van der Waals surface area contributed by atoms with Gasteiger partial charge in [-0.05, 0) is 6.07 Å². The standard InChI is InChI=1S/C14H19FN2O.2ClH/c1-3-13(17-9-7-16-8-10-17)11-5-4-6-12(15)14(11)18-2;;/h3-6,13,16H,1,7-10H2,2H3;2*1H/t13-;;/m0../s1. The minimum Gasteiger partial charge on any atom is -0.493 e. The van der Waals surface area contributed by atoms with Crippen LogP contribution in [0.15, 0.2) is 30.9 Å². The number of para-hydroxylation sites is 1. The Morgan fingerprint density at radius 1 is 1.35 bits per heavy atom. The van der Waals surface area contributed by atoms with E-state index < -0.39 is 0 Å². The maximum Gasteiger partial charge on any atom is 0.165 e. The van der Waals surface area contributed by atoms with Crippen LogP contribution in [-0.2, 0) is 0 Å². The summed E-state index contributed by atoms with van der Waals surface area (Å²) in [5.41, 5.74) is 0.842. The summed E-state index contributed by atoms with van der Waals surface area (Å²) in [4.78, 5) is 2.28. The van der Waals surface area contributed by atoms with E-state index in [9.17, 15) is 4.39 Å². The van der Waals surface area contributed by atoms with Crippen molar-refractivity contribution >= 4 is 24.8 Å². The average molecular weight is 323 g/mol. The van der Waals surface area contributed by atoms with Crippen LogP contribution in [0.5, 0.6) is 5.75 Å². The van der Waals surface area contributed by atoms with Crippen molar-refractivity contribution in [3.05, 3.63) is 42.2 Å². The van der Waals surface area contributed by atoms with Crippen molar-refractivity contribution in [1.82, 2.24) is 10.2 Å². The number of benzene rings is 1. The Labute approximate surface area is 132 Å². The molecule has 1 saturated heterocycles. The highest BCUT2D eigenvalue weighted by Crippen LogP contribution is 2.32. The summed E-state index contributed by atoms with van der Waals surface area (Å²) in [6.07, 6.45) is 1.85. The maximum atomic E-state index is 13.7. The zero-order chi connectivity index (χ0) is 13.0. The van der Waals surface area contributed by atoms with Crippen molar-refractivity contribution in [2.45, 2.75) is 6.04 Å². The summed E-state index contributed by atoms with van der Waals surface area (Å²) >= 11 is 0. The Bertz CT molecular complexity index is 426. The molecule has 0 unspecified atom stereocenters. The lowest BCUT2D eigenvalue weighted by molar-refractivity contribution is 0.199. The van der Waals surface area contributed by atoms with E-state index in [1.165, 1.54) is 13.2 Å². The van der Waals surface area contributed by atoms with Crippen LogP contribution in [-0.4, -0.2) is 38.2 Å². The molecular formula is C14H21Cl2FN2O. The molecule has 0 spiro atoms. The van der Waals surface area contributed by atoms with E-state index in [1.807, 2.05) is 12.1 Å². The van der Waals surface area contributed by atoms with E-state index in [4.69, 9.17) is 4.74 Å². The van der Waals surface area contributed by atoms with Crippen LogP contribution in [0, 0.1) is 5.82 Å². The second-order valence-electron chi connectivity index (χ2n) is 4.33. The van der Waals surface area contributed by atoms with Crippen LogP contribution in [0.2, 0.25) is 0 Å². The van der Waals surface area contributed by atoms with Gasteiger partial charge in [-0.25, -0.2) is 4.39 Å². The van der Waals surface area contributed by atoms with E-state index in [0.29, 0.717) is 5.75 Å². The summed E-state index contributed by atoms with van der Waals surface area (Å²) in [5.74, 6) is -0.00193. The zero-order valence-corrected chi connectivity index (χ0v) is 13.1. The molecule has 1 aromatic rings. The van der Waals surface area contributed by atoms with Crippen LogP contribution in [0.3, 0.4) is 0 Å². The highest BCUT2D eigenvalue weighted by Gasteiger charge is 2.23. The number of ether oxygens (including phenoxy) is 1. The third kappa shape index (κ3) is 4.09. The van der Waals surface area contributed by atoms with Gasteiger partial charge in [0, 0.05) is 31.7 Å². The first kappa shape index (κ1) is 19.2. The molecule has 0 saturated carbocycles. The fourth-order valence-electron chi connectivity index (χ4n) is 2.41. The minimum atomic E-state index is -0.322. The second-order valence-corrected chi connectivity index (χ2v) is 4.33. The normalized spacial score (nSPS) is 16.5. The molecule has 1 N–H and O–H groups in total. The molecule has 1 heterocycles. The number of methoxy groups -OCH3 is 1. The van der Waals surface area contributed by atoms with Crippen LogP contribution in [0.1, 0.15) is 11.6 Å². The molecule has 1 fully saturated rings. The summed E-state index contributed by atoms with van der Waals surface area (Å²) in [6.45, 7) is 7.62. The Kier molecular flexibility index (Phi) is 8.81. The topological polar surface area (TPSA) is 24.5 Å². The zero-order valence-electron chi connectivity index (χ0n) is 11.5. The Morgan fingerprint density at radius 3 is 2.55 bits per heavy atom. The van der Waals surface area contributed by atoms with E-state index in [0.717, 1.165) is 31.7 Å². The third-order valence-corrected chi connectivity index (χ3v) is 3.29. The van der Waals surface area contributed by atoms with E-state index in [1.54, 1.807) is 6.07 Å². The SMILES string of the molecule is C=C[C@@H](c1cccc(F)c1OC)N1CCNCC1.Cl.Cl. The van der Waals surface area contributed by atoms with Crippen molar-refractivity contribution in [2.24, 2.45) is 0 Å². The van der Waals surface area contributed by atoms with Gasteiger partial charge in [-0.3, -0.25) is 4.90 Å². The van der Waals surface area contributed by atoms with Crippen LogP contribution < -0.4 is 10.1 Å². The molecule has 0 bridgehead atoms. The highest BCUT2D eigenvalue weighted by atomic mass is 35.5. The van der Waals surface area contributed by atoms with Gasteiger partial charge >= 0.3 is 0 Å². The van der Waals surface area contributed by atoms with Gasteiger partial charge in [-0.2, -0.15) is 0 Å². The summed E-state index contributed by atoms with van der Waals surface area (Å²) in [7, 11) is 1.50. The molecule has 0 aromatic heterocycles. The summed E-state index contributed by atoms with van der Waals surface area (Å²) in [5, 5.41) is 3.30. The molecule has 114 valence electrons. The fourth-order valence-corrected chi connectivity index (χ4v) is 2.41. The Hall–Kier alpha value is -0.810. The van der Waals surface area contributed by atoms with Gasteiger partial charge in [0.05, 0.1) is 13.2 Å². The number of hydrogen-bond acceptors (Lipinski definition) is 3. The monoisotopic (exact) mass is 322 g/mol. The average Bonchev–Trinajstić information content (AvgIpc) is 2.41. The minimum absolute atomic E-state index is 0. The molecule has 0 radical (unpaired) electrons. The van der Waals surface area contributed by atoms with Crippen molar-refractivity contribution < 1.29 is 9.13 Å². The van der Waals surface area contributed by atoms with Crippen molar-refractivity contribution in [3.8, 4) is 5.75 Å². The number of piperazine rings is 1. The third-order valence-electron chi connectivity index (χ3n) is 3.29. The summed E-state index contributed by atoms with van der Waals surface area (Å²) in [6, 6.07) is 5.03. The molecule has 2 rings (SSSR count). The van der Waals surface area contributed by atoms with Crippen LogP contribution in [0.25, 0.3) is 0 Å². The first-order valence-electron chi connectivity index (χ1n) is 6.17. The van der Waals surface area contributed by atoms with Gasteiger partial charge < -0.3 is 10.1 Å². The Morgan fingerprint density at radius 2 is 2.00 bits per heavy atom. The van der Waals surface area contributed by atoms with Gasteiger partial charge in [0.15, 0.2) is 11.6 Å². The lowest BCUT2D eigenvalue weighted by atomic mass is 10.0. The van der Waals surface area contributed by atoms with Gasteiger partial charge in [-0.15, -0.1) is 31.4 Å². The van der Waals surface area contributed by atoms with Gasteiger partial charge in [-0.1, -0.05) is 18.2 Å². The smallest absolute Gasteiger partial charge is 0.165 e. The number of hydrogen-bond donors (Lipinski definition) is 1. The first-order chi connectivity index (χ1) is 8.77. The highest BCUT2D eigenvalue weighted by molar-refractivity contribution is 5.85. The van der Waals surface area contributed by atoms with Crippen LogP contribution in [0.4, 0.5) is 4.39 Å². The molecule has 6 heteroatoms. The number of nitrogens with zero attached hydrogens (tertiary/aromatic N) is 1. The molecule has 3 nitrogen and oxygen atoms in total. The van der Waals surface area contributed by atoms with Gasteiger partial charge in [0.1, 0.15) is 0 Å². The summed E-state index contributed by atoms with van der Waals surface area (Å²) < 4.78 is 18.9. The van der Waals surface area contributed by atoms with Gasteiger partial charge in [0.2, 0.25) is 0 Å². The first-order valence-corrected chi connectivity index (χ1v) is 6.17. The van der Waals surface area contributed by atoms with Crippen molar-refractivity contribution in [2.75, 3.05) is 33.3 Å². The predicted octanol–water partition coefficient (Wildman–Crippen LogP) is 2.81. The largest absolute Gasteiger partial charge is 0.493 e. The van der Waals surface area contributed by atoms with Crippen molar-refractivity contribution in [1.29, 1.82) is 0 Å². The lowest BCUT2D eigenvalue weighted by Gasteiger charge is -2.34. The fraction of sp³-hybridized carbons (Fsp3) is 0.429. The number of rotatable bonds is 4. The maximum absolute atomic E-state index is 13.7. The molecule has 0 amide bonds. The van der Waals surface area contributed by atoms with E-state index in [2.05, 4.69) is 16.8 Å². The number of nitrogens with one attached hydrogen (secondary N) is 1. The Balaban J connectivity index is 0.00000180. The quantitative estimate of drug-likeness (QED) is 0.863. The van der Waals surface area contributed by atoms with E-state index >= 15 is 0 Å². The molecular weight excluding hydrogens is 302 g/mol. The second kappa shape index (κ2) is 9.19. The molecule has 0 aliphatic carbocycles. The van der Waals surface area contributed by atoms with E-state index in [-0.39, 0.29) is 36.7 Å². The molecule has 1 atom stereocenters. The van der Waals surface area contributed by atoms with Gasteiger partial charge in [0.25, 0.3) is 0 Å². The molecule has 1 aliphatic heterocycles. The number of halogens is 3. The van der Waals surface area contributed by atoms with Crippen LogP contribution >= 0.6 is 24.8 Å². The lowest BCUT2D eigenvalue weighted by Crippen LogP contribution is -2.44. The predicted molar refractivity (Wildman–Crippen MR) is 84.8 cm³/mol. The van der Waals surface area contributed by atoms with Crippen molar-refractivity contribution in [3.63, 3.8) is 0 Å². The molecule has 20 heavy (non-hydrogen) atoms.